The predicted octanol–water partition coefficient (Wildman–Crippen LogP) is 2.19. The molecule has 1 aromatic heterocycles. The predicted molar refractivity (Wildman–Crippen MR) is 77.9 cm³/mol. The van der Waals surface area contributed by atoms with E-state index in [1.165, 1.54) is 4.88 Å². The van der Waals surface area contributed by atoms with Crippen molar-refractivity contribution >= 4 is 23.3 Å². The van der Waals surface area contributed by atoms with Gasteiger partial charge >= 0.3 is 12.0 Å². The van der Waals surface area contributed by atoms with Gasteiger partial charge in [-0.2, -0.15) is 0 Å². The van der Waals surface area contributed by atoms with Crippen LogP contribution in [-0.4, -0.2) is 41.6 Å². The van der Waals surface area contributed by atoms with Crippen LogP contribution in [0.5, 0.6) is 0 Å². The highest BCUT2D eigenvalue weighted by molar-refractivity contribution is 7.09. The smallest absolute Gasteiger partial charge is 0.317 e. The number of carboxylic acids is 1. The lowest BCUT2D eigenvalue weighted by Gasteiger charge is -2.20. The van der Waals surface area contributed by atoms with Crippen molar-refractivity contribution in [2.24, 2.45) is 5.92 Å². The summed E-state index contributed by atoms with van der Waals surface area (Å²) in [6.45, 7) is 0.668. The summed E-state index contributed by atoms with van der Waals surface area (Å²) >= 11 is 1.69. The van der Waals surface area contributed by atoms with Crippen LogP contribution in [0.15, 0.2) is 17.5 Å². The molecule has 0 bridgehead atoms. The Balaban J connectivity index is 1.73. The fourth-order valence-electron chi connectivity index (χ4n) is 2.46. The van der Waals surface area contributed by atoms with Gasteiger partial charge in [0.2, 0.25) is 0 Å². The minimum absolute atomic E-state index is 0.00668. The Bertz CT molecular complexity index is 461. The summed E-state index contributed by atoms with van der Waals surface area (Å²) in [7, 11) is 1.77. The molecule has 2 rings (SSSR count). The summed E-state index contributed by atoms with van der Waals surface area (Å²) in [6, 6.07) is 3.94. The molecule has 2 atom stereocenters. The Morgan fingerprint density at radius 1 is 1.50 bits per heavy atom. The number of nitrogens with one attached hydrogen (secondary N) is 1. The minimum Gasteiger partial charge on any atom is -0.481 e. The van der Waals surface area contributed by atoms with E-state index in [1.807, 2.05) is 11.4 Å². The fraction of sp³-hybridized carbons (Fsp3) is 0.571. The van der Waals surface area contributed by atoms with Crippen LogP contribution in [0.4, 0.5) is 4.79 Å². The molecule has 110 valence electrons. The molecule has 6 heteroatoms. The van der Waals surface area contributed by atoms with E-state index in [2.05, 4.69) is 11.4 Å². The Morgan fingerprint density at radius 3 is 2.90 bits per heavy atom. The Morgan fingerprint density at radius 2 is 2.30 bits per heavy atom. The second-order valence-electron chi connectivity index (χ2n) is 5.25. The molecule has 2 N–H and O–H groups in total. The third-order valence-electron chi connectivity index (χ3n) is 3.73. The van der Waals surface area contributed by atoms with Gasteiger partial charge in [-0.15, -0.1) is 11.3 Å². The molecule has 0 aliphatic heterocycles. The SMILES string of the molecule is CN(CCc1cccs1)C(=O)N[C@H]1CC[C@@H](C(=O)O)C1. The number of amides is 2. The number of carbonyl (C=O) groups is 2. The van der Waals surface area contributed by atoms with E-state index in [0.717, 1.165) is 12.8 Å². The van der Waals surface area contributed by atoms with Crippen LogP contribution < -0.4 is 5.32 Å². The summed E-state index contributed by atoms with van der Waals surface area (Å²) in [5.74, 6) is -1.07. The van der Waals surface area contributed by atoms with Crippen LogP contribution in [0.2, 0.25) is 0 Å². The lowest BCUT2D eigenvalue weighted by atomic mass is 10.1. The maximum atomic E-state index is 12.0. The molecule has 1 heterocycles. The molecule has 1 aliphatic carbocycles. The molecule has 20 heavy (non-hydrogen) atoms. The van der Waals surface area contributed by atoms with E-state index in [-0.39, 0.29) is 18.0 Å². The van der Waals surface area contributed by atoms with Gasteiger partial charge in [-0.1, -0.05) is 6.07 Å². The number of carboxylic acid groups (broad SMARTS) is 1. The minimum atomic E-state index is -0.757. The van der Waals surface area contributed by atoms with Gasteiger partial charge in [0.15, 0.2) is 0 Å². The lowest BCUT2D eigenvalue weighted by molar-refractivity contribution is -0.141. The van der Waals surface area contributed by atoms with Crippen molar-refractivity contribution in [3.8, 4) is 0 Å². The topological polar surface area (TPSA) is 69.6 Å². The maximum absolute atomic E-state index is 12.0. The number of hydrogen-bond acceptors (Lipinski definition) is 3. The summed E-state index contributed by atoms with van der Waals surface area (Å²) < 4.78 is 0. The van der Waals surface area contributed by atoms with Gasteiger partial charge in [0.25, 0.3) is 0 Å². The molecule has 1 saturated carbocycles. The Labute approximate surface area is 122 Å². The van der Waals surface area contributed by atoms with E-state index >= 15 is 0 Å². The first-order valence-corrected chi connectivity index (χ1v) is 7.71. The fourth-order valence-corrected chi connectivity index (χ4v) is 3.15. The second kappa shape index (κ2) is 6.74. The molecule has 1 aromatic rings. The van der Waals surface area contributed by atoms with E-state index in [0.29, 0.717) is 19.4 Å². The van der Waals surface area contributed by atoms with Crippen molar-refractivity contribution in [3.63, 3.8) is 0 Å². The maximum Gasteiger partial charge on any atom is 0.317 e. The second-order valence-corrected chi connectivity index (χ2v) is 6.28. The van der Waals surface area contributed by atoms with Gasteiger partial charge in [0.05, 0.1) is 5.92 Å². The monoisotopic (exact) mass is 296 g/mol. The lowest BCUT2D eigenvalue weighted by Crippen LogP contribution is -2.43. The zero-order valence-electron chi connectivity index (χ0n) is 11.5. The highest BCUT2D eigenvalue weighted by Crippen LogP contribution is 2.25. The molecular weight excluding hydrogens is 276 g/mol. The summed E-state index contributed by atoms with van der Waals surface area (Å²) in [5.41, 5.74) is 0. The summed E-state index contributed by atoms with van der Waals surface area (Å²) in [5, 5.41) is 13.9. The first-order chi connectivity index (χ1) is 9.56. The molecule has 1 aliphatic rings. The van der Waals surface area contributed by atoms with Gasteiger partial charge in [0, 0.05) is 24.5 Å². The molecule has 5 nitrogen and oxygen atoms in total. The van der Waals surface area contributed by atoms with E-state index in [4.69, 9.17) is 5.11 Å². The normalized spacial score (nSPS) is 21.6. The Hall–Kier alpha value is -1.56. The van der Waals surface area contributed by atoms with Crippen LogP contribution in [-0.2, 0) is 11.2 Å². The number of hydrogen-bond donors (Lipinski definition) is 2. The molecule has 1 fully saturated rings. The summed E-state index contributed by atoms with van der Waals surface area (Å²) in [4.78, 5) is 25.8. The average Bonchev–Trinajstić information content (AvgIpc) is 3.06. The molecule has 0 spiro atoms. The number of urea groups is 1. The number of thiophene rings is 1. The van der Waals surface area contributed by atoms with Crippen LogP contribution in [0.3, 0.4) is 0 Å². The van der Waals surface area contributed by atoms with Crippen LogP contribution >= 0.6 is 11.3 Å². The van der Waals surface area contributed by atoms with Crippen molar-refractivity contribution in [3.05, 3.63) is 22.4 Å². The van der Waals surface area contributed by atoms with Crippen molar-refractivity contribution < 1.29 is 14.7 Å². The summed E-state index contributed by atoms with van der Waals surface area (Å²) in [6.07, 6.45) is 2.80. The number of carbonyl (C=O) groups excluding carboxylic acids is 1. The molecule has 0 saturated heterocycles. The molecule has 0 unspecified atom stereocenters. The van der Waals surface area contributed by atoms with Gasteiger partial charge in [0.1, 0.15) is 0 Å². The third-order valence-corrected chi connectivity index (χ3v) is 4.67. The largest absolute Gasteiger partial charge is 0.481 e. The van der Waals surface area contributed by atoms with Crippen LogP contribution in [0.1, 0.15) is 24.1 Å². The number of likely N-dealkylation sites (N-methyl/N-ethyl adjacent to an activating group) is 1. The van der Waals surface area contributed by atoms with Crippen molar-refractivity contribution in [2.75, 3.05) is 13.6 Å². The van der Waals surface area contributed by atoms with Gasteiger partial charge < -0.3 is 15.3 Å². The molecule has 0 aromatic carbocycles. The van der Waals surface area contributed by atoms with Gasteiger partial charge in [-0.3, -0.25) is 4.79 Å². The van der Waals surface area contributed by atoms with Crippen molar-refractivity contribution in [2.45, 2.75) is 31.7 Å². The third kappa shape index (κ3) is 3.96. The highest BCUT2D eigenvalue weighted by atomic mass is 32.1. The van der Waals surface area contributed by atoms with E-state index < -0.39 is 5.97 Å². The van der Waals surface area contributed by atoms with Crippen molar-refractivity contribution in [1.82, 2.24) is 10.2 Å². The standard InChI is InChI=1S/C14H20N2O3S/c1-16(7-6-12-3-2-8-20-12)14(19)15-11-5-4-10(9-11)13(17)18/h2-3,8,10-11H,4-7,9H2,1H3,(H,15,19)(H,17,18)/t10-,11+/m1/s1. The quantitative estimate of drug-likeness (QED) is 0.875. The number of nitrogens with zero attached hydrogens (tertiary/aromatic N) is 1. The first-order valence-electron chi connectivity index (χ1n) is 6.83. The molecular formula is C14H20N2O3S. The van der Waals surface area contributed by atoms with Crippen molar-refractivity contribution in [1.29, 1.82) is 0 Å². The Kier molecular flexibility index (Phi) is 5.00. The van der Waals surface area contributed by atoms with Gasteiger partial charge in [-0.25, -0.2) is 4.79 Å². The van der Waals surface area contributed by atoms with E-state index in [9.17, 15) is 9.59 Å². The van der Waals surface area contributed by atoms with Crippen LogP contribution in [0.25, 0.3) is 0 Å². The molecule has 0 radical (unpaired) electrons. The zero-order valence-corrected chi connectivity index (χ0v) is 12.4. The van der Waals surface area contributed by atoms with Gasteiger partial charge in [-0.05, 0) is 37.1 Å². The van der Waals surface area contributed by atoms with Crippen LogP contribution in [0, 0.1) is 5.92 Å². The number of aliphatic carboxylic acids is 1. The average molecular weight is 296 g/mol. The number of rotatable bonds is 5. The molecule has 2 amide bonds. The first kappa shape index (κ1) is 14.8. The van der Waals surface area contributed by atoms with E-state index in [1.54, 1.807) is 23.3 Å². The zero-order chi connectivity index (χ0) is 14.5. The highest BCUT2D eigenvalue weighted by Gasteiger charge is 2.30.